The zero-order chi connectivity index (χ0) is 19.1. The summed E-state index contributed by atoms with van der Waals surface area (Å²) in [6.45, 7) is 4.14. The zero-order valence-electron chi connectivity index (χ0n) is 15.6. The van der Waals surface area contributed by atoms with Crippen molar-refractivity contribution in [1.29, 1.82) is 0 Å². The fourth-order valence-electron chi connectivity index (χ4n) is 2.86. The Morgan fingerprint density at radius 2 is 1.89 bits per heavy atom. The fraction of sp³-hybridized carbons (Fsp3) is 0.286. The van der Waals surface area contributed by atoms with Crippen LogP contribution >= 0.6 is 0 Å². The normalized spacial score (nSPS) is 10.8. The van der Waals surface area contributed by atoms with Gasteiger partial charge in [0.2, 0.25) is 5.95 Å². The highest BCUT2D eigenvalue weighted by Gasteiger charge is 2.12. The molecule has 0 amide bonds. The largest absolute Gasteiger partial charge is 0.494 e. The third kappa shape index (κ3) is 4.65. The Balaban J connectivity index is 1.83. The van der Waals surface area contributed by atoms with Crippen LogP contribution in [0.3, 0.4) is 0 Å². The van der Waals surface area contributed by atoms with Gasteiger partial charge >= 0.3 is 0 Å². The van der Waals surface area contributed by atoms with E-state index < -0.39 is 0 Å². The first-order valence-corrected chi connectivity index (χ1v) is 8.98. The molecule has 142 valence electrons. The standard InChI is InChI=1S/C21H24FN3O2/c1-3-27-18-10-8-16(9-11-18)20-15-24-21(25(20)12-13-26-2)23-14-17-6-4-5-7-19(17)22/h4-11,15H,3,12-14H2,1-2H3,(H,23,24). The van der Waals surface area contributed by atoms with Crippen LogP contribution in [-0.4, -0.2) is 29.9 Å². The molecule has 0 bridgehead atoms. The third-order valence-electron chi connectivity index (χ3n) is 4.23. The SMILES string of the molecule is CCOc1ccc(-c2cnc(NCc3ccccc3F)n2CCOC)cc1. The van der Waals surface area contributed by atoms with Gasteiger partial charge in [0.1, 0.15) is 11.6 Å². The van der Waals surface area contributed by atoms with Crippen molar-refractivity contribution in [3.63, 3.8) is 0 Å². The Labute approximate surface area is 158 Å². The number of imidazole rings is 1. The van der Waals surface area contributed by atoms with Gasteiger partial charge in [-0.15, -0.1) is 0 Å². The first kappa shape index (κ1) is 18.9. The van der Waals surface area contributed by atoms with E-state index in [0.29, 0.717) is 37.8 Å². The van der Waals surface area contributed by atoms with Crippen molar-refractivity contribution in [2.45, 2.75) is 20.0 Å². The number of nitrogens with zero attached hydrogens (tertiary/aromatic N) is 2. The number of anilines is 1. The minimum atomic E-state index is -0.230. The molecule has 0 aliphatic heterocycles. The van der Waals surface area contributed by atoms with Crippen molar-refractivity contribution in [3.05, 3.63) is 66.1 Å². The molecule has 0 saturated heterocycles. The van der Waals surface area contributed by atoms with E-state index in [4.69, 9.17) is 9.47 Å². The maximum absolute atomic E-state index is 13.9. The van der Waals surface area contributed by atoms with Crippen LogP contribution in [0.4, 0.5) is 10.3 Å². The number of hydrogen-bond donors (Lipinski definition) is 1. The lowest BCUT2D eigenvalue weighted by Gasteiger charge is -2.13. The highest BCUT2D eigenvalue weighted by Crippen LogP contribution is 2.26. The third-order valence-corrected chi connectivity index (χ3v) is 4.23. The molecule has 0 atom stereocenters. The number of benzene rings is 2. The van der Waals surface area contributed by atoms with E-state index in [1.807, 2.05) is 48.0 Å². The molecule has 0 spiro atoms. The molecule has 3 rings (SSSR count). The topological polar surface area (TPSA) is 48.3 Å². The lowest BCUT2D eigenvalue weighted by Crippen LogP contribution is -2.12. The van der Waals surface area contributed by atoms with Crippen molar-refractivity contribution >= 4 is 5.95 Å². The highest BCUT2D eigenvalue weighted by atomic mass is 19.1. The summed E-state index contributed by atoms with van der Waals surface area (Å²) < 4.78 is 26.7. The molecule has 1 aromatic heterocycles. The van der Waals surface area contributed by atoms with Crippen LogP contribution in [0.1, 0.15) is 12.5 Å². The summed E-state index contributed by atoms with van der Waals surface area (Å²) in [6, 6.07) is 14.6. The van der Waals surface area contributed by atoms with Gasteiger partial charge in [-0.25, -0.2) is 9.37 Å². The van der Waals surface area contributed by atoms with Crippen LogP contribution in [0, 0.1) is 5.82 Å². The molecule has 27 heavy (non-hydrogen) atoms. The quantitative estimate of drug-likeness (QED) is 0.609. The van der Waals surface area contributed by atoms with Gasteiger partial charge in [-0.3, -0.25) is 0 Å². The summed E-state index contributed by atoms with van der Waals surface area (Å²) in [5.74, 6) is 1.29. The number of halogens is 1. The van der Waals surface area contributed by atoms with Gasteiger partial charge in [-0.05, 0) is 37.3 Å². The number of methoxy groups -OCH3 is 1. The van der Waals surface area contributed by atoms with Crippen molar-refractivity contribution in [1.82, 2.24) is 9.55 Å². The van der Waals surface area contributed by atoms with Gasteiger partial charge < -0.3 is 19.4 Å². The molecule has 1 heterocycles. The molecule has 0 aliphatic rings. The first-order valence-electron chi connectivity index (χ1n) is 8.98. The Morgan fingerprint density at radius 3 is 2.59 bits per heavy atom. The van der Waals surface area contributed by atoms with Crippen LogP contribution in [0.5, 0.6) is 5.75 Å². The van der Waals surface area contributed by atoms with Gasteiger partial charge in [0.25, 0.3) is 0 Å². The van der Waals surface area contributed by atoms with E-state index >= 15 is 0 Å². The van der Waals surface area contributed by atoms with Crippen LogP contribution in [0.2, 0.25) is 0 Å². The molecule has 2 aromatic carbocycles. The Morgan fingerprint density at radius 1 is 1.11 bits per heavy atom. The summed E-state index contributed by atoms with van der Waals surface area (Å²) in [5, 5.41) is 3.23. The van der Waals surface area contributed by atoms with E-state index in [-0.39, 0.29) is 5.82 Å². The summed E-state index contributed by atoms with van der Waals surface area (Å²) >= 11 is 0. The second-order valence-electron chi connectivity index (χ2n) is 6.01. The number of hydrogen-bond acceptors (Lipinski definition) is 4. The molecule has 5 nitrogen and oxygen atoms in total. The average Bonchev–Trinajstić information content (AvgIpc) is 3.09. The van der Waals surface area contributed by atoms with Crippen molar-refractivity contribution < 1.29 is 13.9 Å². The molecule has 1 N–H and O–H groups in total. The second kappa shape index (κ2) is 9.19. The predicted molar refractivity (Wildman–Crippen MR) is 104 cm³/mol. The molecule has 0 radical (unpaired) electrons. The van der Waals surface area contributed by atoms with Gasteiger partial charge in [-0.1, -0.05) is 18.2 Å². The monoisotopic (exact) mass is 369 g/mol. The minimum absolute atomic E-state index is 0.230. The number of rotatable bonds is 9. The van der Waals surface area contributed by atoms with E-state index in [0.717, 1.165) is 17.0 Å². The van der Waals surface area contributed by atoms with E-state index in [2.05, 4.69) is 10.3 Å². The number of aromatic nitrogens is 2. The highest BCUT2D eigenvalue weighted by molar-refractivity contribution is 5.62. The van der Waals surface area contributed by atoms with Crippen LogP contribution in [0.15, 0.2) is 54.7 Å². The number of nitrogens with one attached hydrogen (secondary N) is 1. The average molecular weight is 369 g/mol. The summed E-state index contributed by atoms with van der Waals surface area (Å²) in [6.07, 6.45) is 1.81. The van der Waals surface area contributed by atoms with Gasteiger partial charge in [-0.2, -0.15) is 0 Å². The molecule has 0 unspecified atom stereocenters. The Kier molecular flexibility index (Phi) is 6.44. The Hall–Kier alpha value is -2.86. The lowest BCUT2D eigenvalue weighted by atomic mass is 10.1. The first-order chi connectivity index (χ1) is 13.2. The molecule has 0 fully saturated rings. The fourth-order valence-corrected chi connectivity index (χ4v) is 2.86. The maximum atomic E-state index is 13.9. The van der Waals surface area contributed by atoms with E-state index in [9.17, 15) is 4.39 Å². The lowest BCUT2D eigenvalue weighted by molar-refractivity contribution is 0.188. The Bertz CT molecular complexity index is 862. The second-order valence-corrected chi connectivity index (χ2v) is 6.01. The van der Waals surface area contributed by atoms with Crippen LogP contribution in [-0.2, 0) is 17.8 Å². The van der Waals surface area contributed by atoms with E-state index in [1.54, 1.807) is 19.2 Å². The molecular formula is C21H24FN3O2. The predicted octanol–water partition coefficient (Wildman–Crippen LogP) is 4.35. The number of ether oxygens (including phenoxy) is 2. The van der Waals surface area contributed by atoms with Crippen molar-refractivity contribution in [3.8, 4) is 17.0 Å². The molecule has 3 aromatic rings. The zero-order valence-corrected chi connectivity index (χ0v) is 15.6. The van der Waals surface area contributed by atoms with Gasteiger partial charge in [0.15, 0.2) is 0 Å². The van der Waals surface area contributed by atoms with Gasteiger partial charge in [0.05, 0.1) is 25.1 Å². The molecule has 0 aliphatic carbocycles. The summed E-state index contributed by atoms with van der Waals surface area (Å²) in [4.78, 5) is 4.49. The molecule has 0 saturated carbocycles. The molecular weight excluding hydrogens is 345 g/mol. The smallest absolute Gasteiger partial charge is 0.203 e. The van der Waals surface area contributed by atoms with Crippen molar-refractivity contribution in [2.24, 2.45) is 0 Å². The molecule has 6 heteroatoms. The van der Waals surface area contributed by atoms with E-state index in [1.165, 1.54) is 6.07 Å². The van der Waals surface area contributed by atoms with Crippen LogP contribution in [0.25, 0.3) is 11.3 Å². The maximum Gasteiger partial charge on any atom is 0.203 e. The van der Waals surface area contributed by atoms with Crippen LogP contribution < -0.4 is 10.1 Å². The minimum Gasteiger partial charge on any atom is -0.494 e. The van der Waals surface area contributed by atoms with Crippen molar-refractivity contribution in [2.75, 3.05) is 25.6 Å². The van der Waals surface area contributed by atoms with Gasteiger partial charge in [0, 0.05) is 31.3 Å². The summed E-state index contributed by atoms with van der Waals surface area (Å²) in [5.41, 5.74) is 2.59. The summed E-state index contributed by atoms with van der Waals surface area (Å²) in [7, 11) is 1.67.